The Morgan fingerprint density at radius 1 is 1.38 bits per heavy atom. The van der Waals surface area contributed by atoms with Gasteiger partial charge in [-0.05, 0) is 12.5 Å². The van der Waals surface area contributed by atoms with Crippen LogP contribution in [0.2, 0.25) is 0 Å². The third kappa shape index (κ3) is 2.99. The van der Waals surface area contributed by atoms with Crippen LogP contribution < -0.4 is 0 Å². The lowest BCUT2D eigenvalue weighted by atomic mass is 10.1. The fraction of sp³-hybridized carbons (Fsp3) is 0.462. The Labute approximate surface area is 120 Å². The zero-order valence-corrected chi connectivity index (χ0v) is 11.6. The second kappa shape index (κ2) is 5.47. The standard InChI is InChI=1S/C13H15N3O5/c1-8(9-4-3-5-10(6-9)15(18)19)14(2)13(17)11-7-12(11)16(20)21/h3-6,8,11-12H,7H2,1-2H3/t8-,11+,12-/m1/s1. The van der Waals surface area contributed by atoms with Crippen LogP contribution in [0.1, 0.15) is 24.9 Å². The Morgan fingerprint density at radius 2 is 2.05 bits per heavy atom. The molecule has 1 aromatic rings. The van der Waals surface area contributed by atoms with E-state index in [9.17, 15) is 25.0 Å². The zero-order chi connectivity index (χ0) is 15.7. The lowest BCUT2D eigenvalue weighted by Crippen LogP contribution is -2.32. The van der Waals surface area contributed by atoms with E-state index in [-0.39, 0.29) is 24.1 Å². The smallest absolute Gasteiger partial charge is 0.269 e. The summed E-state index contributed by atoms with van der Waals surface area (Å²) in [4.78, 5) is 34.0. The Morgan fingerprint density at radius 3 is 2.57 bits per heavy atom. The second-order valence-corrected chi connectivity index (χ2v) is 5.17. The molecule has 1 amide bonds. The van der Waals surface area contributed by atoms with Gasteiger partial charge in [0, 0.05) is 30.5 Å². The van der Waals surface area contributed by atoms with Crippen molar-refractivity contribution in [2.45, 2.75) is 25.4 Å². The van der Waals surface area contributed by atoms with Gasteiger partial charge in [0.25, 0.3) is 5.69 Å². The molecule has 0 aliphatic heterocycles. The van der Waals surface area contributed by atoms with Gasteiger partial charge >= 0.3 is 0 Å². The third-order valence-electron chi connectivity index (χ3n) is 3.84. The maximum atomic E-state index is 12.1. The highest BCUT2D eigenvalue weighted by Gasteiger charge is 2.54. The predicted molar refractivity (Wildman–Crippen MR) is 73.2 cm³/mol. The molecule has 1 aromatic carbocycles. The highest BCUT2D eigenvalue weighted by atomic mass is 16.6. The van der Waals surface area contributed by atoms with Gasteiger partial charge in [-0.1, -0.05) is 12.1 Å². The largest absolute Gasteiger partial charge is 0.339 e. The summed E-state index contributed by atoms with van der Waals surface area (Å²) in [6.07, 6.45) is 0.262. The maximum Gasteiger partial charge on any atom is 0.269 e. The molecule has 21 heavy (non-hydrogen) atoms. The number of carbonyl (C=O) groups excluding carboxylic acids is 1. The normalized spacial score (nSPS) is 21.4. The Balaban J connectivity index is 2.11. The first-order chi connectivity index (χ1) is 9.82. The Bertz CT molecular complexity index is 603. The molecule has 0 radical (unpaired) electrons. The van der Waals surface area contributed by atoms with Crippen LogP contribution in [0.5, 0.6) is 0 Å². The van der Waals surface area contributed by atoms with Crippen LogP contribution in [-0.2, 0) is 4.79 Å². The quantitative estimate of drug-likeness (QED) is 0.607. The molecule has 112 valence electrons. The number of amides is 1. The lowest BCUT2D eigenvalue weighted by molar-refractivity contribution is -0.497. The summed E-state index contributed by atoms with van der Waals surface area (Å²) in [6, 6.07) is 4.86. The molecule has 1 aliphatic carbocycles. The van der Waals surface area contributed by atoms with E-state index in [4.69, 9.17) is 0 Å². The number of carbonyl (C=O) groups is 1. The summed E-state index contributed by atoms with van der Waals surface area (Å²) >= 11 is 0. The van der Waals surface area contributed by atoms with Crippen molar-refractivity contribution in [2.24, 2.45) is 5.92 Å². The van der Waals surface area contributed by atoms with Crippen LogP contribution >= 0.6 is 0 Å². The summed E-state index contributed by atoms with van der Waals surface area (Å²) < 4.78 is 0. The van der Waals surface area contributed by atoms with Gasteiger partial charge in [0.2, 0.25) is 11.9 Å². The summed E-state index contributed by atoms with van der Waals surface area (Å²) in [5, 5.41) is 21.4. The number of hydrogen-bond donors (Lipinski definition) is 0. The number of benzene rings is 1. The van der Waals surface area contributed by atoms with Gasteiger partial charge in [-0.25, -0.2) is 0 Å². The molecule has 1 aliphatic rings. The monoisotopic (exact) mass is 293 g/mol. The summed E-state index contributed by atoms with van der Waals surface area (Å²) in [5.41, 5.74) is 0.577. The van der Waals surface area contributed by atoms with Crippen LogP contribution in [-0.4, -0.2) is 33.7 Å². The summed E-state index contributed by atoms with van der Waals surface area (Å²) in [6.45, 7) is 1.74. The first-order valence-corrected chi connectivity index (χ1v) is 6.47. The Kier molecular flexibility index (Phi) is 3.88. The minimum Gasteiger partial charge on any atom is -0.339 e. The molecule has 3 atom stereocenters. The molecule has 1 fully saturated rings. The van der Waals surface area contributed by atoms with E-state index in [2.05, 4.69) is 0 Å². The topological polar surface area (TPSA) is 107 Å². The van der Waals surface area contributed by atoms with Crippen molar-refractivity contribution in [1.82, 2.24) is 4.90 Å². The number of nitrogens with zero attached hydrogens (tertiary/aromatic N) is 3. The van der Waals surface area contributed by atoms with Crippen LogP contribution in [0.15, 0.2) is 24.3 Å². The van der Waals surface area contributed by atoms with Crippen LogP contribution in [0.3, 0.4) is 0 Å². The first-order valence-electron chi connectivity index (χ1n) is 6.47. The number of nitro benzene ring substituents is 1. The SMILES string of the molecule is C[C@H](c1cccc([N+](=O)[O-])c1)N(C)C(=O)[C@H]1C[C@H]1[N+](=O)[O-]. The van der Waals surface area contributed by atoms with Crippen molar-refractivity contribution >= 4 is 11.6 Å². The van der Waals surface area contributed by atoms with E-state index < -0.39 is 21.8 Å². The van der Waals surface area contributed by atoms with E-state index in [1.807, 2.05) is 0 Å². The molecule has 0 bridgehead atoms. The molecule has 0 aromatic heterocycles. The van der Waals surface area contributed by atoms with Crippen molar-refractivity contribution in [3.63, 3.8) is 0 Å². The summed E-state index contributed by atoms with van der Waals surface area (Å²) in [5.74, 6) is -0.873. The average Bonchev–Trinajstić information content (AvgIpc) is 3.25. The molecule has 8 heteroatoms. The molecule has 8 nitrogen and oxygen atoms in total. The van der Waals surface area contributed by atoms with Crippen molar-refractivity contribution in [3.8, 4) is 0 Å². The molecule has 0 spiro atoms. The van der Waals surface area contributed by atoms with Crippen molar-refractivity contribution < 1.29 is 14.6 Å². The highest BCUT2D eigenvalue weighted by molar-refractivity contribution is 5.82. The fourth-order valence-corrected chi connectivity index (χ4v) is 2.25. The average molecular weight is 293 g/mol. The predicted octanol–water partition coefficient (Wildman–Crippen LogP) is 1.78. The maximum absolute atomic E-state index is 12.1. The van der Waals surface area contributed by atoms with Gasteiger partial charge in [-0.3, -0.25) is 25.0 Å². The van der Waals surface area contributed by atoms with E-state index >= 15 is 0 Å². The minimum absolute atomic E-state index is 0.0465. The van der Waals surface area contributed by atoms with Gasteiger partial charge in [-0.15, -0.1) is 0 Å². The van der Waals surface area contributed by atoms with Gasteiger partial charge in [0.05, 0.1) is 11.0 Å². The van der Waals surface area contributed by atoms with Crippen molar-refractivity contribution in [1.29, 1.82) is 0 Å². The van der Waals surface area contributed by atoms with Crippen LogP contribution in [0, 0.1) is 26.1 Å². The number of hydrogen-bond acceptors (Lipinski definition) is 5. The zero-order valence-electron chi connectivity index (χ0n) is 11.6. The van der Waals surface area contributed by atoms with Crippen molar-refractivity contribution in [2.75, 3.05) is 7.05 Å². The second-order valence-electron chi connectivity index (χ2n) is 5.17. The van der Waals surface area contributed by atoms with Gasteiger partial charge in [0.1, 0.15) is 5.92 Å². The molecule has 0 heterocycles. The lowest BCUT2D eigenvalue weighted by Gasteiger charge is -2.25. The van der Waals surface area contributed by atoms with Gasteiger partial charge < -0.3 is 4.90 Å². The molecule has 0 unspecified atom stereocenters. The molecule has 0 N–H and O–H groups in total. The van der Waals surface area contributed by atoms with Crippen molar-refractivity contribution in [3.05, 3.63) is 50.1 Å². The van der Waals surface area contributed by atoms with Gasteiger partial charge in [-0.2, -0.15) is 0 Å². The van der Waals surface area contributed by atoms with Gasteiger partial charge in [0.15, 0.2) is 0 Å². The fourth-order valence-electron chi connectivity index (χ4n) is 2.25. The molecular weight excluding hydrogens is 278 g/mol. The minimum atomic E-state index is -0.794. The Hall–Kier alpha value is -2.51. The van der Waals surface area contributed by atoms with E-state index in [1.54, 1.807) is 26.1 Å². The highest BCUT2D eigenvalue weighted by Crippen LogP contribution is 2.36. The van der Waals surface area contributed by atoms with Crippen LogP contribution in [0.25, 0.3) is 0 Å². The molecule has 0 saturated heterocycles. The number of non-ortho nitro benzene ring substituents is 1. The number of nitro groups is 2. The number of rotatable bonds is 5. The molecule has 2 rings (SSSR count). The van der Waals surface area contributed by atoms with E-state index in [0.717, 1.165) is 0 Å². The first kappa shape index (κ1) is 14.9. The molecule has 1 saturated carbocycles. The van der Waals surface area contributed by atoms with E-state index in [0.29, 0.717) is 5.56 Å². The third-order valence-corrected chi connectivity index (χ3v) is 3.84. The van der Waals surface area contributed by atoms with E-state index in [1.165, 1.54) is 17.0 Å². The summed E-state index contributed by atoms with van der Waals surface area (Å²) in [7, 11) is 1.56. The molecular formula is C13H15N3O5. The van der Waals surface area contributed by atoms with Crippen LogP contribution in [0.4, 0.5) is 5.69 Å².